The van der Waals surface area contributed by atoms with Crippen LogP contribution in [-0.4, -0.2) is 59.8 Å². The van der Waals surface area contributed by atoms with E-state index < -0.39 is 0 Å². The standard InChI is InChI=1S/C7H3Br3Se4/c1-2-3(8)12-6(11-2)7-13-4(9)5(10)14-7/h1H3. The van der Waals surface area contributed by atoms with Crippen LogP contribution >= 0.6 is 47.8 Å². The fourth-order valence-electron chi connectivity index (χ4n) is 0.784. The molecule has 0 amide bonds. The summed E-state index contributed by atoms with van der Waals surface area (Å²) in [7, 11) is 0. The molecule has 2 rings (SSSR count). The van der Waals surface area contributed by atoms with Crippen molar-refractivity contribution in [2.24, 2.45) is 0 Å². The Hall–Kier alpha value is 2.74. The van der Waals surface area contributed by atoms with Crippen molar-refractivity contribution in [1.82, 2.24) is 0 Å². The van der Waals surface area contributed by atoms with Crippen molar-refractivity contribution in [3.05, 3.63) is 21.4 Å². The maximum absolute atomic E-state index is 3.69. The molecule has 0 radical (unpaired) electrons. The first kappa shape index (κ1) is 13.2. The molecular weight excluding hydrogens is 640 g/mol. The van der Waals surface area contributed by atoms with Crippen molar-refractivity contribution < 1.29 is 0 Å². The Morgan fingerprint density at radius 2 is 1.14 bits per heavy atom. The topological polar surface area (TPSA) is 0 Å². The minimum atomic E-state index is 0.593. The summed E-state index contributed by atoms with van der Waals surface area (Å²) < 4.78 is 9.53. The van der Waals surface area contributed by atoms with E-state index in [1.807, 2.05) is 0 Å². The van der Waals surface area contributed by atoms with Gasteiger partial charge in [0.15, 0.2) is 0 Å². The van der Waals surface area contributed by atoms with E-state index in [0.717, 1.165) is 0 Å². The third-order valence-corrected chi connectivity index (χ3v) is 22.1. The molecule has 0 aromatic heterocycles. The second kappa shape index (κ2) is 5.59. The van der Waals surface area contributed by atoms with Crippen LogP contribution in [0.15, 0.2) is 21.4 Å². The van der Waals surface area contributed by atoms with Crippen molar-refractivity contribution >= 4 is 108 Å². The molecule has 0 saturated heterocycles. The summed E-state index contributed by atoms with van der Waals surface area (Å²) >= 11 is 13.5. The second-order valence-corrected chi connectivity index (χ2v) is 19.9. The first-order valence-corrected chi connectivity index (χ1v) is 12.7. The summed E-state index contributed by atoms with van der Waals surface area (Å²) in [4.78, 5) is 0. The van der Waals surface area contributed by atoms with Crippen LogP contribution in [0.4, 0.5) is 0 Å². The molecule has 0 unspecified atom stereocenters. The molecule has 7 heteroatoms. The van der Waals surface area contributed by atoms with Crippen LogP contribution in [0.3, 0.4) is 0 Å². The fourth-order valence-corrected chi connectivity index (χ4v) is 22.1. The number of rotatable bonds is 0. The van der Waals surface area contributed by atoms with Gasteiger partial charge in [0.25, 0.3) is 0 Å². The van der Waals surface area contributed by atoms with Gasteiger partial charge in [0.2, 0.25) is 0 Å². The zero-order chi connectivity index (χ0) is 10.3. The molecule has 76 valence electrons. The van der Waals surface area contributed by atoms with E-state index in [0.29, 0.717) is 59.8 Å². The summed E-state index contributed by atoms with van der Waals surface area (Å²) in [5, 5.41) is 0. The Balaban J connectivity index is 2.17. The second-order valence-electron chi connectivity index (χ2n) is 2.36. The van der Waals surface area contributed by atoms with Crippen molar-refractivity contribution in [2.75, 3.05) is 0 Å². The van der Waals surface area contributed by atoms with Crippen LogP contribution in [0.2, 0.25) is 0 Å². The van der Waals surface area contributed by atoms with Crippen LogP contribution < -0.4 is 0 Å². The quantitative estimate of drug-likeness (QED) is 0.357. The Morgan fingerprint density at radius 3 is 1.57 bits per heavy atom. The van der Waals surface area contributed by atoms with E-state index in [1.54, 1.807) is 11.2 Å². The third-order valence-electron chi connectivity index (χ3n) is 1.39. The molecule has 0 aliphatic carbocycles. The van der Waals surface area contributed by atoms with Gasteiger partial charge in [-0.05, 0) is 0 Å². The average Bonchev–Trinajstić information content (AvgIpc) is 2.60. The number of hydrogen-bond donors (Lipinski definition) is 0. The van der Waals surface area contributed by atoms with Crippen LogP contribution in [0.5, 0.6) is 0 Å². The van der Waals surface area contributed by atoms with Crippen LogP contribution in [-0.2, 0) is 0 Å². The zero-order valence-corrected chi connectivity index (χ0v) is 18.4. The number of hydrogen-bond acceptors (Lipinski definition) is 0. The summed E-state index contributed by atoms with van der Waals surface area (Å²) in [6.07, 6.45) is 0. The summed E-state index contributed by atoms with van der Waals surface area (Å²) in [6, 6.07) is 0. The first-order chi connectivity index (χ1) is 6.58. The Morgan fingerprint density at radius 1 is 0.714 bits per heavy atom. The predicted octanol–water partition coefficient (Wildman–Crippen LogP) is 2.46. The molecule has 0 aromatic carbocycles. The van der Waals surface area contributed by atoms with Crippen molar-refractivity contribution in [2.45, 2.75) is 6.92 Å². The number of allylic oxidation sites excluding steroid dienone is 1. The van der Waals surface area contributed by atoms with Gasteiger partial charge < -0.3 is 0 Å². The van der Waals surface area contributed by atoms with Crippen molar-refractivity contribution in [3.63, 3.8) is 0 Å². The Labute approximate surface area is 134 Å². The molecular formula is C7H3Br3Se4. The molecule has 0 saturated carbocycles. The van der Waals surface area contributed by atoms with E-state index in [9.17, 15) is 0 Å². The van der Waals surface area contributed by atoms with Gasteiger partial charge in [-0.25, -0.2) is 0 Å². The molecule has 0 N–H and O–H groups in total. The molecule has 14 heavy (non-hydrogen) atoms. The molecule has 2 heterocycles. The molecule has 0 bridgehead atoms. The molecule has 2 aliphatic rings. The molecule has 0 nitrogen and oxygen atoms in total. The van der Waals surface area contributed by atoms with E-state index >= 15 is 0 Å². The predicted molar refractivity (Wildman–Crippen MR) is 76.5 cm³/mol. The van der Waals surface area contributed by atoms with Gasteiger partial charge in [0.1, 0.15) is 0 Å². The maximum atomic E-state index is 3.69. The molecule has 0 atom stereocenters. The summed E-state index contributed by atoms with van der Waals surface area (Å²) in [5.41, 5.74) is 0. The summed E-state index contributed by atoms with van der Waals surface area (Å²) in [5.74, 6) is 0. The van der Waals surface area contributed by atoms with Gasteiger partial charge in [0.05, 0.1) is 0 Å². The number of halogens is 3. The SMILES string of the molecule is CC1=C(Br)[Se]C(=C2[Se]C(Br)=C(Br)[Se]2)[Se]1. The van der Waals surface area contributed by atoms with E-state index in [-0.39, 0.29) is 0 Å². The zero-order valence-electron chi connectivity index (χ0n) is 6.77. The molecule has 0 aromatic rings. The summed E-state index contributed by atoms with van der Waals surface area (Å²) in [6.45, 7) is 2.27. The van der Waals surface area contributed by atoms with Crippen LogP contribution in [0.25, 0.3) is 0 Å². The van der Waals surface area contributed by atoms with Crippen molar-refractivity contribution in [3.8, 4) is 0 Å². The minimum absolute atomic E-state index is 0.593. The van der Waals surface area contributed by atoms with Gasteiger partial charge in [-0.2, -0.15) is 0 Å². The van der Waals surface area contributed by atoms with E-state index in [1.165, 1.54) is 10.1 Å². The van der Waals surface area contributed by atoms with Crippen molar-refractivity contribution in [1.29, 1.82) is 0 Å². The van der Waals surface area contributed by atoms with Crippen LogP contribution in [0, 0.1) is 0 Å². The van der Waals surface area contributed by atoms with Gasteiger partial charge in [0, 0.05) is 0 Å². The van der Waals surface area contributed by atoms with Crippen LogP contribution in [0.1, 0.15) is 6.92 Å². The normalized spacial score (nSPS) is 23.1. The first-order valence-electron chi connectivity index (χ1n) is 3.45. The van der Waals surface area contributed by atoms with Gasteiger partial charge in [-0.3, -0.25) is 0 Å². The van der Waals surface area contributed by atoms with Gasteiger partial charge in [-0.1, -0.05) is 0 Å². The fraction of sp³-hybridized carbons (Fsp3) is 0.143. The van der Waals surface area contributed by atoms with Gasteiger partial charge >= 0.3 is 136 Å². The van der Waals surface area contributed by atoms with E-state index in [2.05, 4.69) is 54.7 Å². The molecule has 0 fully saturated rings. The average molecular weight is 643 g/mol. The molecule has 0 spiro atoms. The molecule has 2 aliphatic heterocycles. The third kappa shape index (κ3) is 2.94. The van der Waals surface area contributed by atoms with Gasteiger partial charge in [-0.15, -0.1) is 0 Å². The monoisotopic (exact) mass is 643 g/mol. The van der Waals surface area contributed by atoms with E-state index in [4.69, 9.17) is 0 Å². The Bertz CT molecular complexity index is 314. The Kier molecular flexibility index (Phi) is 5.26.